The summed E-state index contributed by atoms with van der Waals surface area (Å²) in [5.74, 6) is 0.107. The molecule has 2 aromatic heterocycles. The Morgan fingerprint density at radius 1 is 1.11 bits per heavy atom. The van der Waals surface area contributed by atoms with Crippen LogP contribution in [-0.4, -0.2) is 31.2 Å². The lowest BCUT2D eigenvalue weighted by molar-refractivity contribution is 0.0993. The van der Waals surface area contributed by atoms with Crippen LogP contribution in [0, 0.1) is 0 Å². The van der Waals surface area contributed by atoms with E-state index in [0.29, 0.717) is 10.8 Å². The Kier molecular flexibility index (Phi) is 3.93. The van der Waals surface area contributed by atoms with Crippen molar-refractivity contribution in [2.45, 2.75) is 36.6 Å². The SMILES string of the molecule is C[C@H](Sc1nnc2c(n1)[nH]c1ccccc12)C(=O)c1ccc2c(c1)CCC2. The average molecular weight is 374 g/mol. The highest BCUT2D eigenvalue weighted by molar-refractivity contribution is 8.00. The third-order valence-electron chi connectivity index (χ3n) is 5.14. The lowest BCUT2D eigenvalue weighted by atomic mass is 10.0. The number of nitrogens with zero attached hydrogens (tertiary/aromatic N) is 3. The molecule has 2 heterocycles. The van der Waals surface area contributed by atoms with E-state index in [1.54, 1.807) is 0 Å². The lowest BCUT2D eigenvalue weighted by Crippen LogP contribution is -2.14. The molecule has 27 heavy (non-hydrogen) atoms. The highest BCUT2D eigenvalue weighted by atomic mass is 32.2. The van der Waals surface area contributed by atoms with Crippen molar-refractivity contribution >= 4 is 39.6 Å². The van der Waals surface area contributed by atoms with Gasteiger partial charge in [0.15, 0.2) is 11.4 Å². The van der Waals surface area contributed by atoms with Crippen LogP contribution in [0.15, 0.2) is 47.6 Å². The summed E-state index contributed by atoms with van der Waals surface area (Å²) in [5, 5.41) is 9.80. The second-order valence-corrected chi connectivity index (χ2v) is 8.23. The minimum absolute atomic E-state index is 0.107. The van der Waals surface area contributed by atoms with Crippen molar-refractivity contribution in [3.63, 3.8) is 0 Å². The molecule has 0 saturated heterocycles. The van der Waals surface area contributed by atoms with Gasteiger partial charge in [-0.3, -0.25) is 4.79 Å². The van der Waals surface area contributed by atoms with Crippen LogP contribution < -0.4 is 0 Å². The molecular weight excluding hydrogens is 356 g/mol. The van der Waals surface area contributed by atoms with Gasteiger partial charge in [0, 0.05) is 16.5 Å². The monoisotopic (exact) mass is 374 g/mol. The molecule has 1 N–H and O–H groups in total. The molecule has 0 radical (unpaired) electrons. The number of Topliss-reactive ketones (excluding diaryl/α,β-unsaturated/α-hetero) is 1. The standard InChI is InChI=1S/C21H18N4OS/c1-12(19(26)15-10-9-13-5-4-6-14(13)11-15)27-21-23-20-18(24-25-21)16-7-2-3-8-17(16)22-20/h2-3,7-12H,4-6H2,1H3,(H,22,23,25)/t12-/m0/s1. The smallest absolute Gasteiger partial charge is 0.211 e. The van der Waals surface area contributed by atoms with E-state index in [1.165, 1.54) is 29.3 Å². The zero-order valence-corrected chi connectivity index (χ0v) is 15.7. The summed E-state index contributed by atoms with van der Waals surface area (Å²) in [6.07, 6.45) is 3.38. The fraction of sp³-hybridized carbons (Fsp3) is 0.238. The third kappa shape index (κ3) is 2.90. The summed E-state index contributed by atoms with van der Waals surface area (Å²) in [6, 6.07) is 14.0. The average Bonchev–Trinajstić information content (AvgIpc) is 3.30. The number of carbonyl (C=O) groups is 1. The lowest BCUT2D eigenvalue weighted by Gasteiger charge is -2.10. The van der Waals surface area contributed by atoms with Gasteiger partial charge in [0.2, 0.25) is 5.16 Å². The second-order valence-electron chi connectivity index (χ2n) is 6.92. The van der Waals surface area contributed by atoms with E-state index in [9.17, 15) is 4.79 Å². The van der Waals surface area contributed by atoms with Gasteiger partial charge in [0.25, 0.3) is 0 Å². The largest absolute Gasteiger partial charge is 0.338 e. The highest BCUT2D eigenvalue weighted by Crippen LogP contribution is 2.28. The molecule has 0 aliphatic heterocycles. The number of nitrogens with one attached hydrogen (secondary N) is 1. The summed E-state index contributed by atoms with van der Waals surface area (Å²) in [7, 11) is 0. The summed E-state index contributed by atoms with van der Waals surface area (Å²) < 4.78 is 0. The van der Waals surface area contributed by atoms with Gasteiger partial charge < -0.3 is 4.98 Å². The Bertz CT molecular complexity index is 1180. The first-order valence-electron chi connectivity index (χ1n) is 9.13. The Hall–Kier alpha value is -2.73. The molecule has 0 bridgehead atoms. The number of hydrogen-bond donors (Lipinski definition) is 1. The maximum Gasteiger partial charge on any atom is 0.211 e. The summed E-state index contributed by atoms with van der Waals surface area (Å²) in [4.78, 5) is 20.7. The topological polar surface area (TPSA) is 71.5 Å². The predicted molar refractivity (Wildman–Crippen MR) is 107 cm³/mol. The molecule has 1 atom stereocenters. The van der Waals surface area contributed by atoms with Gasteiger partial charge in [0.05, 0.1) is 5.25 Å². The number of aromatic amines is 1. The van der Waals surface area contributed by atoms with Gasteiger partial charge in [-0.15, -0.1) is 10.2 Å². The molecular formula is C21H18N4OS. The quantitative estimate of drug-likeness (QED) is 0.424. The zero-order chi connectivity index (χ0) is 18.4. The molecule has 0 fully saturated rings. The first-order valence-corrected chi connectivity index (χ1v) is 10.0. The Morgan fingerprint density at radius 2 is 1.96 bits per heavy atom. The molecule has 5 rings (SSSR count). The number of H-pyrrole nitrogens is 1. The van der Waals surface area contributed by atoms with Gasteiger partial charge in [0.1, 0.15) is 5.52 Å². The van der Waals surface area contributed by atoms with Crippen LogP contribution in [0.5, 0.6) is 0 Å². The maximum absolute atomic E-state index is 12.8. The van der Waals surface area contributed by atoms with Crippen LogP contribution in [0.25, 0.3) is 22.1 Å². The summed E-state index contributed by atoms with van der Waals surface area (Å²) in [6.45, 7) is 1.90. The molecule has 2 aromatic carbocycles. The summed E-state index contributed by atoms with van der Waals surface area (Å²) in [5.41, 5.74) is 5.91. The number of aryl methyl sites for hydroxylation is 2. The molecule has 0 amide bonds. The summed E-state index contributed by atoms with van der Waals surface area (Å²) >= 11 is 1.35. The van der Waals surface area contributed by atoms with Crippen molar-refractivity contribution in [2.24, 2.45) is 0 Å². The molecule has 1 aliphatic rings. The van der Waals surface area contributed by atoms with Gasteiger partial charge in [-0.1, -0.05) is 42.1 Å². The Balaban J connectivity index is 1.40. The van der Waals surface area contributed by atoms with E-state index in [2.05, 4.69) is 32.3 Å². The maximum atomic E-state index is 12.8. The van der Waals surface area contributed by atoms with Crippen LogP contribution >= 0.6 is 11.8 Å². The van der Waals surface area contributed by atoms with E-state index in [-0.39, 0.29) is 11.0 Å². The van der Waals surface area contributed by atoms with Gasteiger partial charge in [-0.05, 0) is 49.4 Å². The normalized spacial score (nSPS) is 14.6. The number of hydrogen-bond acceptors (Lipinski definition) is 5. The zero-order valence-electron chi connectivity index (χ0n) is 14.9. The van der Waals surface area contributed by atoms with Crippen molar-refractivity contribution < 1.29 is 4.79 Å². The van der Waals surface area contributed by atoms with E-state index >= 15 is 0 Å². The van der Waals surface area contributed by atoms with Crippen LogP contribution in [-0.2, 0) is 12.8 Å². The van der Waals surface area contributed by atoms with E-state index in [4.69, 9.17) is 0 Å². The van der Waals surface area contributed by atoms with Crippen LogP contribution in [0.1, 0.15) is 34.8 Å². The second kappa shape index (κ2) is 6.46. The van der Waals surface area contributed by atoms with Crippen molar-refractivity contribution in [3.05, 3.63) is 59.2 Å². The van der Waals surface area contributed by atoms with E-state index < -0.39 is 0 Å². The van der Waals surface area contributed by atoms with Gasteiger partial charge in [-0.2, -0.15) is 0 Å². The van der Waals surface area contributed by atoms with Crippen molar-refractivity contribution in [2.75, 3.05) is 0 Å². The number of rotatable bonds is 4. The molecule has 5 nitrogen and oxygen atoms in total. The number of fused-ring (bicyclic) bond motifs is 4. The van der Waals surface area contributed by atoms with Crippen LogP contribution in [0.2, 0.25) is 0 Å². The molecule has 1 aliphatic carbocycles. The molecule has 0 spiro atoms. The van der Waals surface area contributed by atoms with Crippen LogP contribution in [0.3, 0.4) is 0 Å². The molecule has 0 saturated carbocycles. The minimum Gasteiger partial charge on any atom is -0.338 e. The van der Waals surface area contributed by atoms with E-state index in [0.717, 1.165) is 34.8 Å². The fourth-order valence-corrected chi connectivity index (χ4v) is 4.52. The number of benzene rings is 2. The minimum atomic E-state index is -0.270. The van der Waals surface area contributed by atoms with E-state index in [1.807, 2.05) is 37.3 Å². The van der Waals surface area contributed by atoms with Crippen molar-refractivity contribution in [3.8, 4) is 0 Å². The molecule has 6 heteroatoms. The predicted octanol–water partition coefficient (Wildman–Crippen LogP) is 4.36. The van der Waals surface area contributed by atoms with Gasteiger partial charge >= 0.3 is 0 Å². The first-order chi connectivity index (χ1) is 13.2. The number of aromatic nitrogens is 4. The number of ketones is 1. The van der Waals surface area contributed by atoms with Crippen molar-refractivity contribution in [1.29, 1.82) is 0 Å². The third-order valence-corrected chi connectivity index (χ3v) is 6.09. The fourth-order valence-electron chi connectivity index (χ4n) is 3.73. The van der Waals surface area contributed by atoms with Gasteiger partial charge in [-0.25, -0.2) is 4.98 Å². The molecule has 0 unspecified atom stereocenters. The Labute approximate surface area is 160 Å². The number of thioether (sulfide) groups is 1. The number of carbonyl (C=O) groups excluding carboxylic acids is 1. The first kappa shape index (κ1) is 16.4. The Morgan fingerprint density at radius 3 is 2.89 bits per heavy atom. The van der Waals surface area contributed by atoms with Crippen LogP contribution in [0.4, 0.5) is 0 Å². The highest BCUT2D eigenvalue weighted by Gasteiger charge is 2.21. The van der Waals surface area contributed by atoms with Crippen molar-refractivity contribution in [1.82, 2.24) is 20.2 Å². The number of para-hydroxylation sites is 1. The molecule has 134 valence electrons. The molecule has 4 aromatic rings.